The van der Waals surface area contributed by atoms with Crippen LogP contribution < -0.4 is 5.73 Å². The van der Waals surface area contributed by atoms with Gasteiger partial charge in [-0.3, -0.25) is 4.79 Å². The second-order valence-electron chi connectivity index (χ2n) is 5.49. The summed E-state index contributed by atoms with van der Waals surface area (Å²) < 4.78 is 0. The van der Waals surface area contributed by atoms with Crippen molar-refractivity contribution >= 4 is 18.3 Å². The second kappa shape index (κ2) is 11.8. The van der Waals surface area contributed by atoms with E-state index in [0.717, 1.165) is 38.8 Å². The maximum absolute atomic E-state index is 12.1. The molecule has 110 valence electrons. The standard InChI is InChI=1S/C14H30N2O.ClH/c1-12(2)11-16(13(3)4)14(17)9-7-5-6-8-10-15;/h12-13H,5-11,15H2,1-4H3;1H. The molecule has 0 heterocycles. The minimum absolute atomic E-state index is 0. The van der Waals surface area contributed by atoms with Crippen LogP contribution in [0.5, 0.6) is 0 Å². The number of unbranched alkanes of at least 4 members (excludes halogenated alkanes) is 3. The maximum Gasteiger partial charge on any atom is 0.222 e. The lowest BCUT2D eigenvalue weighted by molar-refractivity contribution is -0.133. The van der Waals surface area contributed by atoms with Crippen molar-refractivity contribution in [2.45, 2.75) is 65.8 Å². The number of nitrogens with two attached hydrogens (primary N) is 1. The van der Waals surface area contributed by atoms with E-state index in [1.165, 1.54) is 0 Å². The molecule has 0 rings (SSSR count). The van der Waals surface area contributed by atoms with E-state index in [-0.39, 0.29) is 12.4 Å². The highest BCUT2D eigenvalue weighted by Gasteiger charge is 2.17. The molecule has 0 aromatic carbocycles. The summed E-state index contributed by atoms with van der Waals surface area (Å²) in [5.41, 5.74) is 5.44. The van der Waals surface area contributed by atoms with Crippen molar-refractivity contribution in [3.63, 3.8) is 0 Å². The van der Waals surface area contributed by atoms with Crippen molar-refractivity contribution in [1.29, 1.82) is 0 Å². The van der Waals surface area contributed by atoms with E-state index in [1.807, 2.05) is 4.90 Å². The molecule has 0 aromatic rings. The molecule has 0 atom stereocenters. The maximum atomic E-state index is 12.1. The molecule has 0 aliphatic rings. The molecule has 0 unspecified atom stereocenters. The van der Waals surface area contributed by atoms with Gasteiger partial charge in [0.05, 0.1) is 0 Å². The number of hydrogen-bond acceptors (Lipinski definition) is 2. The van der Waals surface area contributed by atoms with Gasteiger partial charge in [0, 0.05) is 19.0 Å². The van der Waals surface area contributed by atoms with Crippen LogP contribution in [-0.4, -0.2) is 29.9 Å². The first-order valence-electron chi connectivity index (χ1n) is 6.98. The monoisotopic (exact) mass is 278 g/mol. The Morgan fingerprint density at radius 1 is 1.06 bits per heavy atom. The zero-order valence-corrected chi connectivity index (χ0v) is 13.3. The highest BCUT2D eigenvalue weighted by molar-refractivity contribution is 5.85. The number of halogens is 1. The Morgan fingerprint density at radius 3 is 2.06 bits per heavy atom. The van der Waals surface area contributed by atoms with Gasteiger partial charge in [0.1, 0.15) is 0 Å². The summed E-state index contributed by atoms with van der Waals surface area (Å²) >= 11 is 0. The lowest BCUT2D eigenvalue weighted by Crippen LogP contribution is -2.39. The molecule has 3 nitrogen and oxygen atoms in total. The lowest BCUT2D eigenvalue weighted by atomic mass is 10.1. The van der Waals surface area contributed by atoms with Gasteiger partial charge in [-0.1, -0.05) is 26.7 Å². The van der Waals surface area contributed by atoms with E-state index >= 15 is 0 Å². The third-order valence-electron chi connectivity index (χ3n) is 2.85. The fourth-order valence-corrected chi connectivity index (χ4v) is 1.91. The minimum atomic E-state index is 0. The van der Waals surface area contributed by atoms with Crippen molar-refractivity contribution in [3.8, 4) is 0 Å². The predicted molar refractivity (Wildman–Crippen MR) is 81.1 cm³/mol. The fourth-order valence-electron chi connectivity index (χ4n) is 1.91. The topological polar surface area (TPSA) is 46.3 Å². The molecule has 0 spiro atoms. The van der Waals surface area contributed by atoms with E-state index in [0.29, 0.717) is 24.3 Å². The third-order valence-corrected chi connectivity index (χ3v) is 2.85. The summed E-state index contributed by atoms with van der Waals surface area (Å²) in [6, 6.07) is 0.314. The largest absolute Gasteiger partial charge is 0.340 e. The lowest BCUT2D eigenvalue weighted by Gasteiger charge is -2.28. The Morgan fingerprint density at radius 2 is 1.61 bits per heavy atom. The van der Waals surface area contributed by atoms with Gasteiger partial charge in [0.25, 0.3) is 0 Å². The Bertz CT molecular complexity index is 208. The van der Waals surface area contributed by atoms with Crippen LogP contribution in [0.3, 0.4) is 0 Å². The van der Waals surface area contributed by atoms with Crippen LogP contribution in [0.15, 0.2) is 0 Å². The Hall–Kier alpha value is -0.280. The highest BCUT2D eigenvalue weighted by atomic mass is 35.5. The van der Waals surface area contributed by atoms with E-state index < -0.39 is 0 Å². The van der Waals surface area contributed by atoms with Crippen molar-refractivity contribution in [1.82, 2.24) is 4.90 Å². The van der Waals surface area contributed by atoms with Crippen molar-refractivity contribution < 1.29 is 4.79 Å². The number of carbonyl (C=O) groups is 1. The van der Waals surface area contributed by atoms with Gasteiger partial charge >= 0.3 is 0 Å². The summed E-state index contributed by atoms with van der Waals surface area (Å²) in [4.78, 5) is 14.1. The van der Waals surface area contributed by atoms with Gasteiger partial charge in [-0.2, -0.15) is 0 Å². The van der Waals surface area contributed by atoms with Gasteiger partial charge in [-0.15, -0.1) is 12.4 Å². The van der Waals surface area contributed by atoms with Crippen LogP contribution in [0.2, 0.25) is 0 Å². The van der Waals surface area contributed by atoms with Crippen LogP contribution in [0.4, 0.5) is 0 Å². The molecule has 4 heteroatoms. The zero-order valence-electron chi connectivity index (χ0n) is 12.4. The summed E-state index contributed by atoms with van der Waals surface area (Å²) in [5, 5.41) is 0. The van der Waals surface area contributed by atoms with Gasteiger partial charge in [-0.25, -0.2) is 0 Å². The van der Waals surface area contributed by atoms with E-state index in [2.05, 4.69) is 27.7 Å². The number of rotatable bonds is 9. The van der Waals surface area contributed by atoms with Crippen molar-refractivity contribution in [3.05, 3.63) is 0 Å². The average molecular weight is 279 g/mol. The van der Waals surface area contributed by atoms with Crippen LogP contribution in [0.25, 0.3) is 0 Å². The van der Waals surface area contributed by atoms with Crippen LogP contribution >= 0.6 is 12.4 Å². The molecule has 0 saturated heterocycles. The number of carbonyl (C=O) groups excluding carboxylic acids is 1. The molecule has 2 N–H and O–H groups in total. The van der Waals surface area contributed by atoms with Crippen LogP contribution in [0, 0.1) is 5.92 Å². The Kier molecular flexibility index (Phi) is 13.1. The third kappa shape index (κ3) is 9.72. The van der Waals surface area contributed by atoms with Crippen molar-refractivity contribution in [2.75, 3.05) is 13.1 Å². The highest BCUT2D eigenvalue weighted by Crippen LogP contribution is 2.10. The van der Waals surface area contributed by atoms with Crippen molar-refractivity contribution in [2.24, 2.45) is 11.7 Å². The quantitative estimate of drug-likeness (QED) is 0.658. The molecule has 0 aliphatic heterocycles. The van der Waals surface area contributed by atoms with Gasteiger partial charge in [-0.05, 0) is 39.2 Å². The first-order chi connectivity index (χ1) is 7.99. The first kappa shape index (κ1) is 20.0. The van der Waals surface area contributed by atoms with Gasteiger partial charge < -0.3 is 10.6 Å². The molecule has 0 fully saturated rings. The molecule has 0 aliphatic carbocycles. The summed E-state index contributed by atoms with van der Waals surface area (Å²) in [5.74, 6) is 0.847. The minimum Gasteiger partial charge on any atom is -0.340 e. The Labute approximate surface area is 119 Å². The predicted octanol–water partition coefficient (Wildman–Crippen LogP) is 3.21. The number of hydrogen-bond donors (Lipinski definition) is 1. The van der Waals surface area contributed by atoms with Gasteiger partial charge in [0.2, 0.25) is 5.91 Å². The van der Waals surface area contributed by atoms with E-state index in [9.17, 15) is 4.79 Å². The summed E-state index contributed by atoms with van der Waals surface area (Å²) in [7, 11) is 0. The van der Waals surface area contributed by atoms with Crippen LogP contribution in [-0.2, 0) is 4.79 Å². The molecular formula is C14H31ClN2O. The number of amides is 1. The second-order valence-corrected chi connectivity index (χ2v) is 5.49. The first-order valence-corrected chi connectivity index (χ1v) is 6.98. The zero-order chi connectivity index (χ0) is 13.3. The smallest absolute Gasteiger partial charge is 0.222 e. The molecule has 18 heavy (non-hydrogen) atoms. The molecular weight excluding hydrogens is 248 g/mol. The van der Waals surface area contributed by atoms with Crippen LogP contribution in [0.1, 0.15) is 59.8 Å². The van der Waals surface area contributed by atoms with E-state index in [4.69, 9.17) is 5.73 Å². The van der Waals surface area contributed by atoms with E-state index in [1.54, 1.807) is 0 Å². The number of nitrogens with zero attached hydrogens (tertiary/aromatic N) is 1. The molecule has 0 saturated carbocycles. The molecule has 0 aromatic heterocycles. The Balaban J connectivity index is 0. The summed E-state index contributed by atoms with van der Waals surface area (Å²) in [6.07, 6.45) is 5.04. The SMILES string of the molecule is CC(C)CN(C(=O)CCCCCCN)C(C)C.Cl. The summed E-state index contributed by atoms with van der Waals surface area (Å²) in [6.45, 7) is 10.1. The molecule has 1 amide bonds. The molecule has 0 bridgehead atoms. The van der Waals surface area contributed by atoms with Gasteiger partial charge in [0.15, 0.2) is 0 Å². The fraction of sp³-hybridized carbons (Fsp3) is 0.929. The normalized spacial score (nSPS) is 10.6. The molecule has 0 radical (unpaired) electrons. The average Bonchev–Trinajstić information content (AvgIpc) is 2.24.